The molecule has 32 heavy (non-hydrogen) atoms. The zero-order valence-electron chi connectivity index (χ0n) is 19.1. The normalized spacial score (nSPS) is 23.6. The van der Waals surface area contributed by atoms with E-state index in [0.29, 0.717) is 12.6 Å². The molecule has 1 aliphatic carbocycles. The Kier molecular flexibility index (Phi) is 6.84. The number of nitrogens with zero attached hydrogens (tertiary/aromatic N) is 3. The molecule has 2 fully saturated rings. The quantitative estimate of drug-likeness (QED) is 0.786. The fourth-order valence-electron chi connectivity index (χ4n) is 5.97. The molecule has 2 aliphatic heterocycles. The first kappa shape index (κ1) is 21.6. The zero-order chi connectivity index (χ0) is 21.8. The van der Waals surface area contributed by atoms with Gasteiger partial charge in [-0.05, 0) is 93.9 Å². The predicted octanol–water partition coefficient (Wildman–Crippen LogP) is 3.43. The van der Waals surface area contributed by atoms with Crippen LogP contribution in [0.4, 0.5) is 0 Å². The van der Waals surface area contributed by atoms with Gasteiger partial charge in [0.05, 0.1) is 0 Å². The van der Waals surface area contributed by atoms with Crippen molar-refractivity contribution in [3.05, 3.63) is 65.5 Å². The number of amides is 1. The van der Waals surface area contributed by atoms with Gasteiger partial charge >= 0.3 is 0 Å². The number of pyridine rings is 1. The van der Waals surface area contributed by atoms with Crippen molar-refractivity contribution in [2.24, 2.45) is 5.92 Å². The van der Waals surface area contributed by atoms with Crippen LogP contribution in [0.5, 0.6) is 0 Å². The first-order chi connectivity index (χ1) is 15.8. The minimum atomic E-state index is 0.158. The molecular formula is C27H36N4O. The molecule has 5 nitrogen and oxygen atoms in total. The number of hydrogen-bond donors (Lipinski definition) is 1. The van der Waals surface area contributed by atoms with E-state index < -0.39 is 0 Å². The fourth-order valence-corrected chi connectivity index (χ4v) is 5.97. The second-order valence-electron chi connectivity index (χ2n) is 9.82. The van der Waals surface area contributed by atoms with Crippen LogP contribution in [0.15, 0.2) is 48.8 Å². The largest absolute Gasteiger partial charge is 0.352 e. The van der Waals surface area contributed by atoms with Crippen LogP contribution in [0.2, 0.25) is 0 Å². The third kappa shape index (κ3) is 5.05. The van der Waals surface area contributed by atoms with Crippen molar-refractivity contribution >= 4 is 5.91 Å². The lowest BCUT2D eigenvalue weighted by Gasteiger charge is -2.44. The summed E-state index contributed by atoms with van der Waals surface area (Å²) in [6, 6.07) is 14.3. The Morgan fingerprint density at radius 1 is 0.875 bits per heavy atom. The Morgan fingerprint density at radius 3 is 2.34 bits per heavy atom. The van der Waals surface area contributed by atoms with Crippen LogP contribution in [-0.2, 0) is 24.2 Å². The highest BCUT2D eigenvalue weighted by molar-refractivity contribution is 5.78. The summed E-state index contributed by atoms with van der Waals surface area (Å²) in [5.41, 5.74) is 4.19. The number of benzene rings is 1. The minimum absolute atomic E-state index is 0.158. The highest BCUT2D eigenvalue weighted by atomic mass is 16.1. The Bertz CT molecular complexity index is 886. The maximum absolute atomic E-state index is 12.6. The Balaban J connectivity index is 1.04. The molecule has 0 bridgehead atoms. The van der Waals surface area contributed by atoms with E-state index in [4.69, 9.17) is 0 Å². The molecule has 1 N–H and O–H groups in total. The molecule has 0 saturated carbocycles. The highest BCUT2D eigenvalue weighted by Crippen LogP contribution is 2.29. The molecule has 1 aromatic carbocycles. The summed E-state index contributed by atoms with van der Waals surface area (Å²) in [6.07, 6.45) is 11.9. The van der Waals surface area contributed by atoms with Gasteiger partial charge in [0.25, 0.3) is 0 Å². The number of aromatic nitrogens is 1. The predicted molar refractivity (Wildman–Crippen MR) is 127 cm³/mol. The molecule has 0 radical (unpaired) electrons. The van der Waals surface area contributed by atoms with E-state index in [1.807, 2.05) is 18.3 Å². The summed E-state index contributed by atoms with van der Waals surface area (Å²) in [4.78, 5) is 22.1. The molecule has 170 valence electrons. The van der Waals surface area contributed by atoms with Crippen molar-refractivity contribution in [2.45, 2.75) is 63.6 Å². The second-order valence-corrected chi connectivity index (χ2v) is 9.82. The molecule has 5 heteroatoms. The van der Waals surface area contributed by atoms with E-state index in [9.17, 15) is 4.79 Å². The number of fused-ring (bicyclic) bond motifs is 1. The average Bonchev–Trinajstić information content (AvgIpc) is 2.88. The van der Waals surface area contributed by atoms with Gasteiger partial charge in [0.15, 0.2) is 0 Å². The van der Waals surface area contributed by atoms with Crippen LogP contribution < -0.4 is 5.32 Å². The van der Waals surface area contributed by atoms with Crippen LogP contribution in [0.1, 0.15) is 48.8 Å². The third-order valence-electron chi connectivity index (χ3n) is 7.94. The van der Waals surface area contributed by atoms with Gasteiger partial charge in [-0.1, -0.05) is 30.3 Å². The van der Waals surface area contributed by atoms with Crippen LogP contribution in [0.3, 0.4) is 0 Å². The topological polar surface area (TPSA) is 48.5 Å². The van der Waals surface area contributed by atoms with Gasteiger partial charge in [-0.15, -0.1) is 0 Å². The number of likely N-dealkylation sites (tertiary alicyclic amines) is 2. The first-order valence-electron chi connectivity index (χ1n) is 12.5. The molecule has 3 heterocycles. The van der Waals surface area contributed by atoms with Crippen LogP contribution in [0, 0.1) is 5.92 Å². The molecule has 2 saturated heterocycles. The molecule has 3 aliphatic rings. The minimum Gasteiger partial charge on any atom is -0.352 e. The average molecular weight is 433 g/mol. The lowest BCUT2D eigenvalue weighted by atomic mass is 9.86. The molecule has 0 unspecified atom stereocenters. The molecule has 0 spiro atoms. The van der Waals surface area contributed by atoms with Gasteiger partial charge < -0.3 is 10.2 Å². The van der Waals surface area contributed by atoms with E-state index in [-0.39, 0.29) is 11.8 Å². The van der Waals surface area contributed by atoms with Crippen LogP contribution in [-0.4, -0.2) is 59.0 Å². The van der Waals surface area contributed by atoms with E-state index >= 15 is 0 Å². The van der Waals surface area contributed by atoms with E-state index in [0.717, 1.165) is 37.5 Å². The smallest absolute Gasteiger partial charge is 0.223 e. The monoisotopic (exact) mass is 432 g/mol. The van der Waals surface area contributed by atoms with E-state index in [2.05, 4.69) is 44.4 Å². The number of rotatable bonds is 5. The second kappa shape index (κ2) is 10.1. The number of piperidine rings is 2. The molecule has 5 rings (SSSR count). The van der Waals surface area contributed by atoms with Gasteiger partial charge in [0.1, 0.15) is 0 Å². The van der Waals surface area contributed by atoms with Crippen molar-refractivity contribution in [1.29, 1.82) is 0 Å². The highest BCUT2D eigenvalue weighted by Gasteiger charge is 2.33. The standard InChI is InChI=1S/C27H36N4O/c32-27(29-20-21-4-3-13-28-19-21)23-9-14-30(15-10-23)25-11-16-31(17-12-25)26-8-7-22-5-1-2-6-24(22)18-26/h1-6,13,19,23,25-26H,7-12,14-18,20H2,(H,29,32)/t26-/m1/s1. The van der Waals surface area contributed by atoms with Crippen molar-refractivity contribution in [3.8, 4) is 0 Å². The van der Waals surface area contributed by atoms with E-state index in [1.54, 1.807) is 17.3 Å². The number of aryl methyl sites for hydroxylation is 1. The summed E-state index contributed by atoms with van der Waals surface area (Å²) >= 11 is 0. The molecular weight excluding hydrogens is 396 g/mol. The number of carbonyl (C=O) groups is 1. The van der Waals surface area contributed by atoms with Crippen molar-refractivity contribution < 1.29 is 4.79 Å². The lowest BCUT2D eigenvalue weighted by Crippen LogP contribution is -2.51. The Hall–Kier alpha value is -2.24. The van der Waals surface area contributed by atoms with Gasteiger partial charge in [-0.2, -0.15) is 0 Å². The SMILES string of the molecule is O=C(NCc1cccnc1)C1CCN(C2CCN([C@@H]3CCc4ccccc4C3)CC2)CC1. The molecule has 1 atom stereocenters. The first-order valence-corrected chi connectivity index (χ1v) is 12.5. The fraction of sp³-hybridized carbons (Fsp3) is 0.556. The Morgan fingerprint density at radius 2 is 1.59 bits per heavy atom. The number of nitrogens with one attached hydrogen (secondary N) is 1. The summed E-state index contributed by atoms with van der Waals surface area (Å²) in [5, 5.41) is 3.11. The molecule has 1 aromatic heterocycles. The van der Waals surface area contributed by atoms with Crippen molar-refractivity contribution in [3.63, 3.8) is 0 Å². The number of carbonyl (C=O) groups excluding carboxylic acids is 1. The van der Waals surface area contributed by atoms with Gasteiger partial charge in [0, 0.05) is 36.9 Å². The summed E-state index contributed by atoms with van der Waals surface area (Å²) in [5.74, 6) is 0.367. The molecule has 2 aromatic rings. The van der Waals surface area contributed by atoms with E-state index in [1.165, 1.54) is 45.2 Å². The third-order valence-corrected chi connectivity index (χ3v) is 7.94. The summed E-state index contributed by atoms with van der Waals surface area (Å²) in [7, 11) is 0. The maximum Gasteiger partial charge on any atom is 0.223 e. The summed E-state index contributed by atoms with van der Waals surface area (Å²) < 4.78 is 0. The summed E-state index contributed by atoms with van der Waals surface area (Å²) in [6.45, 7) is 5.15. The lowest BCUT2D eigenvalue weighted by molar-refractivity contribution is -0.126. The molecule has 1 amide bonds. The van der Waals surface area contributed by atoms with Crippen molar-refractivity contribution in [2.75, 3.05) is 26.2 Å². The van der Waals surface area contributed by atoms with Crippen LogP contribution in [0.25, 0.3) is 0 Å². The van der Waals surface area contributed by atoms with Gasteiger partial charge in [0.2, 0.25) is 5.91 Å². The Labute approximate surface area is 192 Å². The number of hydrogen-bond acceptors (Lipinski definition) is 4. The van der Waals surface area contributed by atoms with Gasteiger partial charge in [-0.25, -0.2) is 0 Å². The zero-order valence-corrected chi connectivity index (χ0v) is 19.1. The van der Waals surface area contributed by atoms with Gasteiger partial charge in [-0.3, -0.25) is 14.7 Å². The van der Waals surface area contributed by atoms with Crippen molar-refractivity contribution in [1.82, 2.24) is 20.1 Å². The van der Waals surface area contributed by atoms with Crippen LogP contribution >= 0.6 is 0 Å². The maximum atomic E-state index is 12.6.